The number of anilines is 1. The van der Waals surface area contributed by atoms with Crippen LogP contribution in [0.4, 0.5) is 5.82 Å². The van der Waals surface area contributed by atoms with Gasteiger partial charge in [-0.3, -0.25) is 0 Å². The first-order chi connectivity index (χ1) is 10.6. The van der Waals surface area contributed by atoms with Crippen molar-refractivity contribution in [2.45, 2.75) is 26.4 Å². The smallest absolute Gasteiger partial charge is 0.203 e. The van der Waals surface area contributed by atoms with Gasteiger partial charge in [0, 0.05) is 18.7 Å². The van der Waals surface area contributed by atoms with Gasteiger partial charge in [0.2, 0.25) is 5.75 Å². The number of rotatable bonds is 7. The molecule has 1 aromatic carbocycles. The van der Waals surface area contributed by atoms with E-state index in [1.807, 2.05) is 22.9 Å². The monoisotopic (exact) mass is 305 g/mol. The number of benzene rings is 1. The summed E-state index contributed by atoms with van der Waals surface area (Å²) >= 11 is 0. The van der Waals surface area contributed by atoms with E-state index in [1.54, 1.807) is 27.5 Å². The molecular weight excluding hydrogens is 282 g/mol. The highest BCUT2D eigenvalue weighted by atomic mass is 16.5. The fourth-order valence-electron chi connectivity index (χ4n) is 2.30. The van der Waals surface area contributed by atoms with Crippen molar-refractivity contribution in [1.29, 1.82) is 0 Å². The maximum atomic E-state index is 5.37. The van der Waals surface area contributed by atoms with E-state index in [4.69, 9.17) is 14.2 Å². The summed E-state index contributed by atoms with van der Waals surface area (Å²) < 4.78 is 18.0. The van der Waals surface area contributed by atoms with Crippen LogP contribution in [0.2, 0.25) is 0 Å². The molecule has 0 spiro atoms. The van der Waals surface area contributed by atoms with Crippen LogP contribution in [0.3, 0.4) is 0 Å². The molecule has 0 aliphatic heterocycles. The summed E-state index contributed by atoms with van der Waals surface area (Å²) in [7, 11) is 4.82. The molecule has 0 saturated carbocycles. The third-order valence-electron chi connectivity index (χ3n) is 3.36. The van der Waals surface area contributed by atoms with E-state index in [0.717, 1.165) is 11.4 Å². The summed E-state index contributed by atoms with van der Waals surface area (Å²) in [4.78, 5) is 0. The van der Waals surface area contributed by atoms with Crippen LogP contribution in [0.5, 0.6) is 17.2 Å². The van der Waals surface area contributed by atoms with Gasteiger partial charge in [-0.15, -0.1) is 0 Å². The Morgan fingerprint density at radius 1 is 1.09 bits per heavy atom. The molecule has 1 aromatic heterocycles. The third-order valence-corrected chi connectivity index (χ3v) is 3.36. The van der Waals surface area contributed by atoms with Crippen LogP contribution >= 0.6 is 0 Å². The van der Waals surface area contributed by atoms with Crippen molar-refractivity contribution in [1.82, 2.24) is 9.78 Å². The van der Waals surface area contributed by atoms with Gasteiger partial charge >= 0.3 is 0 Å². The summed E-state index contributed by atoms with van der Waals surface area (Å²) in [6.07, 6.45) is 1.79. The Morgan fingerprint density at radius 2 is 1.73 bits per heavy atom. The largest absolute Gasteiger partial charge is 0.493 e. The van der Waals surface area contributed by atoms with Gasteiger partial charge < -0.3 is 19.5 Å². The van der Waals surface area contributed by atoms with Crippen molar-refractivity contribution in [2.24, 2.45) is 0 Å². The van der Waals surface area contributed by atoms with Crippen LogP contribution in [0.25, 0.3) is 0 Å². The molecule has 1 N–H and O–H groups in total. The predicted molar refractivity (Wildman–Crippen MR) is 86.0 cm³/mol. The average molecular weight is 305 g/mol. The van der Waals surface area contributed by atoms with E-state index in [0.29, 0.717) is 29.8 Å². The Morgan fingerprint density at radius 3 is 2.23 bits per heavy atom. The zero-order valence-corrected chi connectivity index (χ0v) is 13.7. The molecule has 0 saturated heterocycles. The van der Waals surface area contributed by atoms with Gasteiger partial charge in [-0.05, 0) is 31.5 Å². The highest BCUT2D eigenvalue weighted by Crippen LogP contribution is 2.38. The Bertz CT molecular complexity index is 598. The second kappa shape index (κ2) is 7.06. The van der Waals surface area contributed by atoms with Gasteiger partial charge in [0.25, 0.3) is 0 Å². The lowest BCUT2D eigenvalue weighted by atomic mass is 10.1. The quantitative estimate of drug-likeness (QED) is 0.852. The van der Waals surface area contributed by atoms with Gasteiger partial charge in [0.05, 0.1) is 27.5 Å². The zero-order chi connectivity index (χ0) is 16.1. The van der Waals surface area contributed by atoms with E-state index in [1.165, 1.54) is 0 Å². The van der Waals surface area contributed by atoms with E-state index in [-0.39, 0.29) is 0 Å². The number of aromatic nitrogens is 2. The summed E-state index contributed by atoms with van der Waals surface area (Å²) in [5.41, 5.74) is 1.03. The van der Waals surface area contributed by atoms with Crippen molar-refractivity contribution >= 4 is 5.82 Å². The van der Waals surface area contributed by atoms with E-state index >= 15 is 0 Å². The van der Waals surface area contributed by atoms with Crippen molar-refractivity contribution in [2.75, 3.05) is 26.6 Å². The standard InChI is InChI=1S/C16H23N3O3/c1-11(2)19-15(6-7-18-19)17-10-12-8-13(20-3)16(22-5)14(9-12)21-4/h6-9,11,17H,10H2,1-5H3. The Hall–Kier alpha value is -2.37. The number of ether oxygens (including phenoxy) is 3. The molecule has 0 bridgehead atoms. The Labute approximate surface area is 131 Å². The van der Waals surface area contributed by atoms with Gasteiger partial charge in [-0.2, -0.15) is 5.10 Å². The Kier molecular flexibility index (Phi) is 5.14. The number of nitrogens with zero attached hydrogens (tertiary/aromatic N) is 2. The van der Waals surface area contributed by atoms with Gasteiger partial charge in [-0.25, -0.2) is 4.68 Å². The van der Waals surface area contributed by atoms with E-state index in [2.05, 4.69) is 24.3 Å². The van der Waals surface area contributed by atoms with Gasteiger partial charge in [-0.1, -0.05) is 0 Å². The first kappa shape index (κ1) is 16.0. The second-order valence-electron chi connectivity index (χ2n) is 5.14. The fraction of sp³-hybridized carbons (Fsp3) is 0.438. The minimum absolute atomic E-state index is 0.303. The lowest BCUT2D eigenvalue weighted by molar-refractivity contribution is 0.324. The highest BCUT2D eigenvalue weighted by molar-refractivity contribution is 5.54. The first-order valence-electron chi connectivity index (χ1n) is 7.17. The molecule has 0 atom stereocenters. The van der Waals surface area contributed by atoms with Gasteiger partial charge in [0.15, 0.2) is 11.5 Å². The molecule has 0 aliphatic carbocycles. The van der Waals surface area contributed by atoms with E-state index in [9.17, 15) is 0 Å². The van der Waals surface area contributed by atoms with Crippen LogP contribution in [0.1, 0.15) is 25.5 Å². The van der Waals surface area contributed by atoms with Crippen molar-refractivity contribution in [3.63, 3.8) is 0 Å². The lowest BCUT2D eigenvalue weighted by Crippen LogP contribution is -2.10. The molecule has 0 radical (unpaired) electrons. The van der Waals surface area contributed by atoms with Crippen LogP contribution in [-0.4, -0.2) is 31.1 Å². The minimum atomic E-state index is 0.303. The van der Waals surface area contributed by atoms with Crippen molar-refractivity contribution < 1.29 is 14.2 Å². The molecule has 2 rings (SSSR count). The number of methoxy groups -OCH3 is 3. The van der Waals surface area contributed by atoms with Crippen LogP contribution < -0.4 is 19.5 Å². The molecule has 0 fully saturated rings. The van der Waals surface area contributed by atoms with Crippen LogP contribution in [-0.2, 0) is 6.54 Å². The summed E-state index contributed by atoms with van der Waals surface area (Å²) in [6.45, 7) is 4.82. The van der Waals surface area contributed by atoms with E-state index < -0.39 is 0 Å². The van der Waals surface area contributed by atoms with Crippen molar-refractivity contribution in [3.8, 4) is 17.2 Å². The summed E-state index contributed by atoms with van der Waals surface area (Å²) in [5.74, 6) is 2.87. The molecule has 0 amide bonds. The molecule has 22 heavy (non-hydrogen) atoms. The minimum Gasteiger partial charge on any atom is -0.493 e. The summed E-state index contributed by atoms with van der Waals surface area (Å²) in [6, 6.07) is 6.13. The molecule has 2 aromatic rings. The average Bonchev–Trinajstić information content (AvgIpc) is 3.00. The number of hydrogen-bond donors (Lipinski definition) is 1. The molecule has 0 aliphatic rings. The first-order valence-corrected chi connectivity index (χ1v) is 7.17. The maximum absolute atomic E-state index is 5.37. The van der Waals surface area contributed by atoms with Gasteiger partial charge in [0.1, 0.15) is 5.82 Å². The zero-order valence-electron chi connectivity index (χ0n) is 13.7. The predicted octanol–water partition coefficient (Wildman–Crippen LogP) is 3.10. The van der Waals surface area contributed by atoms with Crippen LogP contribution in [0, 0.1) is 0 Å². The normalized spacial score (nSPS) is 10.6. The molecule has 6 nitrogen and oxygen atoms in total. The second-order valence-corrected chi connectivity index (χ2v) is 5.14. The molecular formula is C16H23N3O3. The Balaban J connectivity index is 2.21. The SMILES string of the molecule is COc1cc(CNc2ccnn2C(C)C)cc(OC)c1OC. The topological polar surface area (TPSA) is 57.5 Å². The molecule has 6 heteroatoms. The number of hydrogen-bond acceptors (Lipinski definition) is 5. The lowest BCUT2D eigenvalue weighted by Gasteiger charge is -2.16. The maximum Gasteiger partial charge on any atom is 0.203 e. The number of nitrogens with one attached hydrogen (secondary N) is 1. The molecule has 120 valence electrons. The third kappa shape index (κ3) is 3.27. The highest BCUT2D eigenvalue weighted by Gasteiger charge is 2.13. The molecule has 0 unspecified atom stereocenters. The summed E-state index contributed by atoms with van der Waals surface area (Å²) in [5, 5.41) is 7.69. The molecule has 1 heterocycles. The fourth-order valence-corrected chi connectivity index (χ4v) is 2.30. The van der Waals surface area contributed by atoms with Crippen molar-refractivity contribution in [3.05, 3.63) is 30.0 Å². The van der Waals surface area contributed by atoms with Crippen LogP contribution in [0.15, 0.2) is 24.4 Å².